The van der Waals surface area contributed by atoms with Crippen molar-refractivity contribution < 1.29 is 9.50 Å². The molecule has 0 atom stereocenters. The third-order valence-electron chi connectivity index (χ3n) is 2.18. The zero-order valence-corrected chi connectivity index (χ0v) is 10.1. The number of aromatic nitrogens is 1. The van der Waals surface area contributed by atoms with Gasteiger partial charge in [0.15, 0.2) is 5.05 Å². The van der Waals surface area contributed by atoms with E-state index in [4.69, 9.17) is 5.11 Å². The highest BCUT2D eigenvalue weighted by Crippen LogP contribution is 2.23. The van der Waals surface area contributed by atoms with Gasteiger partial charge in [0.1, 0.15) is 5.82 Å². The standard InChI is InChI=1S/C11H10FNOS2/c12-7-4-5-9-8(6-7)13-10(16-9)2-1-3-11(14)15/h4-6H,1-3H2,(H,14,15). The van der Waals surface area contributed by atoms with Gasteiger partial charge in [-0.05, 0) is 37.2 Å². The van der Waals surface area contributed by atoms with Gasteiger partial charge in [-0.25, -0.2) is 9.37 Å². The molecule has 0 bridgehead atoms. The number of hydrogen-bond donors (Lipinski definition) is 1. The summed E-state index contributed by atoms with van der Waals surface area (Å²) in [5.41, 5.74) is 0.701. The minimum atomic E-state index is -0.263. The van der Waals surface area contributed by atoms with Gasteiger partial charge in [0.2, 0.25) is 0 Å². The van der Waals surface area contributed by atoms with Gasteiger partial charge in [-0.2, -0.15) is 0 Å². The SMILES string of the molecule is OC(=S)CCCc1nc2cc(F)ccc2s1. The largest absolute Gasteiger partial charge is 0.502 e. The second-order valence-electron chi connectivity index (χ2n) is 3.47. The van der Waals surface area contributed by atoms with E-state index in [2.05, 4.69) is 17.2 Å². The Bertz CT molecular complexity index is 524. The third kappa shape index (κ3) is 2.74. The predicted molar refractivity (Wildman–Crippen MR) is 67.7 cm³/mol. The fourth-order valence-corrected chi connectivity index (χ4v) is 2.58. The molecule has 0 aliphatic rings. The van der Waals surface area contributed by atoms with E-state index in [9.17, 15) is 4.39 Å². The Kier molecular flexibility index (Phi) is 3.46. The molecule has 0 unspecified atom stereocenters. The van der Waals surface area contributed by atoms with Crippen molar-refractivity contribution in [3.8, 4) is 0 Å². The summed E-state index contributed by atoms with van der Waals surface area (Å²) in [5.74, 6) is -0.263. The van der Waals surface area contributed by atoms with Gasteiger partial charge in [0.05, 0.1) is 15.2 Å². The summed E-state index contributed by atoms with van der Waals surface area (Å²) in [6, 6.07) is 4.61. The molecule has 0 saturated carbocycles. The monoisotopic (exact) mass is 255 g/mol. The molecule has 5 heteroatoms. The molecule has 1 N–H and O–H groups in total. The zero-order chi connectivity index (χ0) is 11.5. The van der Waals surface area contributed by atoms with E-state index >= 15 is 0 Å². The molecule has 2 aromatic rings. The molecule has 0 radical (unpaired) electrons. The lowest BCUT2D eigenvalue weighted by Crippen LogP contribution is -1.92. The van der Waals surface area contributed by atoms with Crippen LogP contribution in [0.5, 0.6) is 0 Å². The van der Waals surface area contributed by atoms with Crippen LogP contribution < -0.4 is 0 Å². The average molecular weight is 255 g/mol. The van der Waals surface area contributed by atoms with Gasteiger partial charge in [0.25, 0.3) is 0 Å². The third-order valence-corrected chi connectivity index (χ3v) is 3.48. The van der Waals surface area contributed by atoms with Gasteiger partial charge in [-0.1, -0.05) is 0 Å². The summed E-state index contributed by atoms with van der Waals surface area (Å²) >= 11 is 6.14. The summed E-state index contributed by atoms with van der Waals surface area (Å²) in [6.45, 7) is 0. The zero-order valence-electron chi connectivity index (χ0n) is 8.44. The summed E-state index contributed by atoms with van der Waals surface area (Å²) in [5, 5.41) is 9.86. The van der Waals surface area contributed by atoms with Crippen molar-refractivity contribution in [3.05, 3.63) is 29.0 Å². The van der Waals surface area contributed by atoms with Gasteiger partial charge >= 0.3 is 0 Å². The van der Waals surface area contributed by atoms with Crippen LogP contribution in [0.4, 0.5) is 4.39 Å². The minimum absolute atomic E-state index is 0.0344. The van der Waals surface area contributed by atoms with E-state index in [1.807, 2.05) is 0 Å². The molecular formula is C11H10FNOS2. The number of fused-ring (bicyclic) bond motifs is 1. The number of nitrogens with zero attached hydrogens (tertiary/aromatic N) is 1. The Hall–Kier alpha value is -1.07. The van der Waals surface area contributed by atoms with Crippen molar-refractivity contribution >= 4 is 38.8 Å². The molecule has 0 aliphatic carbocycles. The molecule has 0 fully saturated rings. The first-order valence-corrected chi connectivity index (χ1v) is 6.14. The first-order chi connectivity index (χ1) is 7.65. The molecule has 16 heavy (non-hydrogen) atoms. The molecular weight excluding hydrogens is 245 g/mol. The van der Waals surface area contributed by atoms with Crippen molar-refractivity contribution in [2.24, 2.45) is 0 Å². The van der Waals surface area contributed by atoms with E-state index in [1.165, 1.54) is 12.1 Å². The lowest BCUT2D eigenvalue weighted by Gasteiger charge is -1.93. The van der Waals surface area contributed by atoms with Crippen LogP contribution in [0.1, 0.15) is 17.8 Å². The maximum atomic E-state index is 12.9. The molecule has 0 aliphatic heterocycles. The lowest BCUT2D eigenvalue weighted by molar-refractivity contribution is 0.543. The summed E-state index contributed by atoms with van der Waals surface area (Å²) in [7, 11) is 0. The Labute approximate surface area is 102 Å². The average Bonchev–Trinajstić information content (AvgIpc) is 2.58. The molecule has 1 aromatic heterocycles. The second kappa shape index (κ2) is 4.84. The van der Waals surface area contributed by atoms with Crippen molar-refractivity contribution in [2.75, 3.05) is 0 Å². The first-order valence-electron chi connectivity index (χ1n) is 4.92. The van der Waals surface area contributed by atoms with Crippen LogP contribution in [0.15, 0.2) is 18.2 Å². The maximum absolute atomic E-state index is 12.9. The molecule has 0 spiro atoms. The Morgan fingerprint density at radius 2 is 2.31 bits per heavy atom. The highest BCUT2D eigenvalue weighted by atomic mass is 32.1. The van der Waals surface area contributed by atoms with Crippen LogP contribution in [0, 0.1) is 5.82 Å². The fourth-order valence-electron chi connectivity index (χ4n) is 1.45. The van der Waals surface area contributed by atoms with Gasteiger partial charge in [-0.3, -0.25) is 0 Å². The highest BCUT2D eigenvalue weighted by molar-refractivity contribution is 7.80. The topological polar surface area (TPSA) is 33.1 Å². The van der Waals surface area contributed by atoms with Gasteiger partial charge in [-0.15, -0.1) is 11.3 Å². The quantitative estimate of drug-likeness (QED) is 0.847. The summed E-state index contributed by atoms with van der Waals surface area (Å²) in [4.78, 5) is 4.32. The first kappa shape index (κ1) is 11.4. The lowest BCUT2D eigenvalue weighted by atomic mass is 10.2. The number of aryl methyl sites for hydroxylation is 1. The normalized spacial score (nSPS) is 10.8. The maximum Gasteiger partial charge on any atom is 0.156 e. The minimum Gasteiger partial charge on any atom is -0.502 e. The van der Waals surface area contributed by atoms with E-state index in [0.717, 1.165) is 22.5 Å². The molecule has 84 valence electrons. The fraction of sp³-hybridized carbons (Fsp3) is 0.273. The van der Waals surface area contributed by atoms with Crippen LogP contribution >= 0.6 is 23.6 Å². The van der Waals surface area contributed by atoms with Crippen molar-refractivity contribution in [3.63, 3.8) is 0 Å². The van der Waals surface area contributed by atoms with Gasteiger partial charge in [0, 0.05) is 12.5 Å². The number of thiazole rings is 1. The van der Waals surface area contributed by atoms with Crippen LogP contribution in [0.25, 0.3) is 10.2 Å². The number of thiocarbonyl (C=S) groups is 1. The number of halogens is 1. The Morgan fingerprint density at radius 1 is 1.50 bits per heavy atom. The molecule has 2 rings (SSSR count). The van der Waals surface area contributed by atoms with E-state index in [1.54, 1.807) is 17.4 Å². The van der Waals surface area contributed by atoms with Crippen molar-refractivity contribution in [2.45, 2.75) is 19.3 Å². The van der Waals surface area contributed by atoms with Crippen LogP contribution in [-0.2, 0) is 6.42 Å². The van der Waals surface area contributed by atoms with Crippen LogP contribution in [0.3, 0.4) is 0 Å². The Balaban J connectivity index is 2.10. The molecule has 1 aromatic carbocycles. The predicted octanol–water partition coefficient (Wildman–Crippen LogP) is 3.64. The smallest absolute Gasteiger partial charge is 0.156 e. The molecule has 0 amide bonds. The number of benzene rings is 1. The number of aliphatic hydroxyl groups excluding tert-OH is 1. The number of rotatable bonds is 4. The number of aliphatic hydroxyl groups is 1. The van der Waals surface area contributed by atoms with E-state index in [0.29, 0.717) is 11.9 Å². The van der Waals surface area contributed by atoms with Crippen molar-refractivity contribution in [1.82, 2.24) is 4.98 Å². The molecule has 0 saturated heterocycles. The van der Waals surface area contributed by atoms with E-state index in [-0.39, 0.29) is 10.9 Å². The van der Waals surface area contributed by atoms with Crippen LogP contribution in [0.2, 0.25) is 0 Å². The second-order valence-corrected chi connectivity index (χ2v) is 5.05. The molecule has 2 nitrogen and oxygen atoms in total. The van der Waals surface area contributed by atoms with Crippen molar-refractivity contribution in [1.29, 1.82) is 0 Å². The Morgan fingerprint density at radius 3 is 3.06 bits per heavy atom. The summed E-state index contributed by atoms with van der Waals surface area (Å²) in [6.07, 6.45) is 2.05. The van der Waals surface area contributed by atoms with E-state index < -0.39 is 0 Å². The number of hydrogen-bond acceptors (Lipinski definition) is 3. The van der Waals surface area contributed by atoms with Gasteiger partial charge < -0.3 is 5.11 Å². The molecule has 1 heterocycles. The highest BCUT2D eigenvalue weighted by Gasteiger charge is 2.05. The summed E-state index contributed by atoms with van der Waals surface area (Å²) < 4.78 is 13.9. The van der Waals surface area contributed by atoms with Crippen LogP contribution in [-0.4, -0.2) is 15.1 Å².